The van der Waals surface area contributed by atoms with Gasteiger partial charge in [0.05, 0.1) is 14.2 Å². The number of nitrogens with one attached hydrogen (secondary N) is 1. The van der Waals surface area contributed by atoms with Crippen LogP contribution in [0.25, 0.3) is 0 Å². The number of rotatable bonds is 8. The molecule has 1 atom stereocenters. The second kappa shape index (κ2) is 9.74. The Bertz CT molecular complexity index is 1030. The van der Waals surface area contributed by atoms with Crippen LogP contribution in [0.15, 0.2) is 35.4 Å². The zero-order chi connectivity index (χ0) is 22.6. The summed E-state index contributed by atoms with van der Waals surface area (Å²) in [6.07, 6.45) is 4.01. The van der Waals surface area contributed by atoms with Gasteiger partial charge in [0.15, 0.2) is 11.5 Å². The molecule has 170 valence electrons. The highest BCUT2D eigenvalue weighted by Crippen LogP contribution is 2.28. The maximum absolute atomic E-state index is 13.0. The van der Waals surface area contributed by atoms with Crippen LogP contribution in [0.1, 0.15) is 35.8 Å². The number of amides is 1. The third kappa shape index (κ3) is 5.22. The zero-order valence-corrected chi connectivity index (χ0v) is 19.4. The summed E-state index contributed by atoms with van der Waals surface area (Å²) in [7, 11) is 1.24. The summed E-state index contributed by atoms with van der Waals surface area (Å²) in [6, 6.07) is 7.07. The number of sulfonamides is 1. The molecule has 1 saturated heterocycles. The van der Waals surface area contributed by atoms with E-state index in [0.717, 1.165) is 18.4 Å². The summed E-state index contributed by atoms with van der Waals surface area (Å²) < 4.78 is 39.6. The van der Waals surface area contributed by atoms with Crippen LogP contribution < -0.4 is 14.8 Å². The van der Waals surface area contributed by atoms with Gasteiger partial charge in [-0.25, -0.2) is 8.42 Å². The van der Waals surface area contributed by atoms with E-state index in [1.807, 2.05) is 18.2 Å². The van der Waals surface area contributed by atoms with Crippen molar-refractivity contribution in [3.05, 3.63) is 41.7 Å². The molecule has 0 spiro atoms. The number of carbonyl (C=O) groups is 1. The Labute approximate surface area is 184 Å². The van der Waals surface area contributed by atoms with Gasteiger partial charge in [-0.2, -0.15) is 4.31 Å². The van der Waals surface area contributed by atoms with Gasteiger partial charge in [0.1, 0.15) is 10.6 Å². The molecule has 3 rings (SSSR count). The van der Waals surface area contributed by atoms with E-state index < -0.39 is 10.0 Å². The Hall–Kier alpha value is -2.52. The second-order valence-electron chi connectivity index (χ2n) is 7.98. The van der Waals surface area contributed by atoms with E-state index >= 15 is 0 Å². The van der Waals surface area contributed by atoms with Crippen LogP contribution in [0.3, 0.4) is 0 Å². The van der Waals surface area contributed by atoms with Crippen molar-refractivity contribution < 1.29 is 22.7 Å². The molecule has 0 radical (unpaired) electrons. The topological polar surface area (TPSA) is 89.9 Å². The average molecular weight is 450 g/mol. The Kier molecular flexibility index (Phi) is 7.27. The largest absolute Gasteiger partial charge is 0.493 e. The first-order chi connectivity index (χ1) is 14.8. The van der Waals surface area contributed by atoms with Crippen molar-refractivity contribution in [2.24, 2.45) is 13.0 Å². The van der Waals surface area contributed by atoms with Gasteiger partial charge in [-0.05, 0) is 48.9 Å². The lowest BCUT2D eigenvalue weighted by molar-refractivity contribution is 0.0946. The van der Waals surface area contributed by atoms with Crippen molar-refractivity contribution in [2.45, 2.75) is 31.1 Å². The fourth-order valence-corrected chi connectivity index (χ4v) is 5.53. The predicted octanol–water partition coefficient (Wildman–Crippen LogP) is 2.44. The van der Waals surface area contributed by atoms with Gasteiger partial charge < -0.3 is 19.4 Å². The van der Waals surface area contributed by atoms with Crippen molar-refractivity contribution in [1.29, 1.82) is 0 Å². The number of benzene rings is 1. The quantitative estimate of drug-likeness (QED) is 0.669. The first kappa shape index (κ1) is 23.1. The predicted molar refractivity (Wildman–Crippen MR) is 118 cm³/mol. The lowest BCUT2D eigenvalue weighted by Gasteiger charge is -2.29. The van der Waals surface area contributed by atoms with E-state index in [1.54, 1.807) is 25.8 Å². The Balaban J connectivity index is 1.64. The Morgan fingerprint density at radius 2 is 1.94 bits per heavy atom. The van der Waals surface area contributed by atoms with Crippen LogP contribution in [0.2, 0.25) is 0 Å². The number of nitrogens with zero attached hydrogens (tertiary/aromatic N) is 2. The summed E-state index contributed by atoms with van der Waals surface area (Å²) in [4.78, 5) is 12.8. The maximum Gasteiger partial charge on any atom is 0.267 e. The van der Waals surface area contributed by atoms with E-state index in [2.05, 4.69) is 12.2 Å². The van der Waals surface area contributed by atoms with Gasteiger partial charge in [-0.15, -0.1) is 0 Å². The lowest BCUT2D eigenvalue weighted by Crippen LogP contribution is -2.38. The van der Waals surface area contributed by atoms with Crippen molar-refractivity contribution in [3.63, 3.8) is 0 Å². The zero-order valence-electron chi connectivity index (χ0n) is 18.6. The number of aromatic nitrogens is 1. The van der Waals surface area contributed by atoms with Gasteiger partial charge in [-0.1, -0.05) is 13.0 Å². The van der Waals surface area contributed by atoms with Gasteiger partial charge in [0.2, 0.25) is 10.0 Å². The van der Waals surface area contributed by atoms with Crippen molar-refractivity contribution in [2.75, 3.05) is 33.9 Å². The number of carbonyl (C=O) groups excluding carboxylic acids is 1. The minimum atomic E-state index is -3.60. The van der Waals surface area contributed by atoms with E-state index in [0.29, 0.717) is 49.2 Å². The normalized spacial score (nSPS) is 17.4. The first-order valence-electron chi connectivity index (χ1n) is 10.4. The molecule has 1 aliphatic heterocycles. The van der Waals surface area contributed by atoms with Crippen LogP contribution >= 0.6 is 0 Å². The highest BCUT2D eigenvalue weighted by Gasteiger charge is 2.30. The summed E-state index contributed by atoms with van der Waals surface area (Å²) in [5, 5.41) is 2.87. The number of ether oxygens (including phenoxy) is 2. The molecular formula is C22H31N3O5S. The molecule has 0 saturated carbocycles. The van der Waals surface area contributed by atoms with E-state index in [-0.39, 0.29) is 10.8 Å². The van der Waals surface area contributed by atoms with Crippen LogP contribution in [0.5, 0.6) is 11.5 Å². The second-order valence-corrected chi connectivity index (χ2v) is 9.92. The van der Waals surface area contributed by atoms with Crippen molar-refractivity contribution in [1.82, 2.24) is 14.2 Å². The lowest BCUT2D eigenvalue weighted by atomic mass is 10.0. The molecule has 1 N–H and O–H groups in total. The summed E-state index contributed by atoms with van der Waals surface area (Å²) >= 11 is 0. The van der Waals surface area contributed by atoms with E-state index in [4.69, 9.17) is 9.47 Å². The van der Waals surface area contributed by atoms with Crippen molar-refractivity contribution >= 4 is 15.9 Å². The molecule has 8 nitrogen and oxygen atoms in total. The minimum absolute atomic E-state index is 0.161. The summed E-state index contributed by atoms with van der Waals surface area (Å²) in [6.45, 7) is 3.51. The molecule has 1 aromatic carbocycles. The molecule has 0 bridgehead atoms. The molecule has 2 heterocycles. The molecular weight excluding hydrogens is 418 g/mol. The smallest absolute Gasteiger partial charge is 0.267 e. The number of aryl methyl sites for hydroxylation is 1. The van der Waals surface area contributed by atoms with Gasteiger partial charge in [0.25, 0.3) is 5.91 Å². The fraction of sp³-hybridized carbons (Fsp3) is 0.500. The molecule has 1 fully saturated rings. The summed E-state index contributed by atoms with van der Waals surface area (Å²) in [5.74, 6) is 1.31. The highest BCUT2D eigenvalue weighted by atomic mass is 32.2. The van der Waals surface area contributed by atoms with Crippen LogP contribution in [0.4, 0.5) is 0 Å². The number of hydrogen-bond acceptors (Lipinski definition) is 5. The SMILES string of the molecule is COc1ccc(CCNC(=O)c2cc(S(=O)(=O)N3CCC[C@@H](C)C3)cn2C)cc1OC. The van der Waals surface area contributed by atoms with Crippen molar-refractivity contribution in [3.8, 4) is 11.5 Å². The van der Waals surface area contributed by atoms with Crippen LogP contribution in [0, 0.1) is 5.92 Å². The van der Waals surface area contributed by atoms with Gasteiger partial charge >= 0.3 is 0 Å². The molecule has 0 unspecified atom stereocenters. The molecule has 1 aromatic heterocycles. The van der Waals surface area contributed by atoms with E-state index in [1.165, 1.54) is 16.6 Å². The number of piperidine rings is 1. The molecule has 2 aromatic rings. The standard InChI is InChI=1S/C22H31N3O5S/c1-16-6-5-11-25(14-16)31(27,28)18-13-19(24(2)15-18)22(26)23-10-9-17-7-8-20(29-3)21(12-17)30-4/h7-8,12-13,15-16H,5-6,9-11,14H2,1-4H3,(H,23,26)/t16-/m1/s1. The fourth-order valence-electron chi connectivity index (χ4n) is 3.86. The minimum Gasteiger partial charge on any atom is -0.493 e. The molecule has 1 aliphatic rings. The van der Waals surface area contributed by atoms with Gasteiger partial charge in [0, 0.05) is 32.9 Å². The number of methoxy groups -OCH3 is 2. The Morgan fingerprint density at radius 1 is 1.19 bits per heavy atom. The summed E-state index contributed by atoms with van der Waals surface area (Å²) in [5.41, 5.74) is 1.31. The van der Waals surface area contributed by atoms with Crippen LogP contribution in [-0.2, 0) is 23.5 Å². The first-order valence-corrected chi connectivity index (χ1v) is 11.9. The number of hydrogen-bond donors (Lipinski definition) is 1. The third-order valence-corrected chi connectivity index (χ3v) is 7.45. The average Bonchev–Trinajstić information content (AvgIpc) is 3.16. The monoisotopic (exact) mass is 449 g/mol. The maximum atomic E-state index is 13.0. The van der Waals surface area contributed by atoms with E-state index in [9.17, 15) is 13.2 Å². The molecule has 0 aliphatic carbocycles. The Morgan fingerprint density at radius 3 is 2.61 bits per heavy atom. The third-order valence-electron chi connectivity index (χ3n) is 5.62. The molecule has 9 heteroatoms. The molecule has 1 amide bonds. The highest BCUT2D eigenvalue weighted by molar-refractivity contribution is 7.89. The van der Waals surface area contributed by atoms with Gasteiger partial charge in [-0.3, -0.25) is 4.79 Å². The van der Waals surface area contributed by atoms with Crippen LogP contribution in [-0.4, -0.2) is 57.1 Å². The molecule has 31 heavy (non-hydrogen) atoms.